The number of carbonyl (C=O) groups excluding carboxylic acids is 2. The molecule has 0 unspecified atom stereocenters. The van der Waals surface area contributed by atoms with Crippen molar-refractivity contribution in [1.29, 1.82) is 0 Å². The molecule has 4 N–H and O–H groups in total. The average molecular weight is 331 g/mol. The van der Waals surface area contributed by atoms with Crippen LogP contribution in [-0.4, -0.2) is 32.0 Å². The summed E-state index contributed by atoms with van der Waals surface area (Å²) in [5.41, 5.74) is 5.54. The van der Waals surface area contributed by atoms with Gasteiger partial charge in [0.05, 0.1) is 6.42 Å². The van der Waals surface area contributed by atoms with E-state index in [9.17, 15) is 14.4 Å². The van der Waals surface area contributed by atoms with Crippen molar-refractivity contribution in [2.75, 3.05) is 0 Å². The lowest BCUT2D eigenvalue weighted by Gasteiger charge is -2.35. The minimum atomic E-state index is -0.997. The lowest BCUT2D eigenvalue weighted by atomic mass is 9.81. The van der Waals surface area contributed by atoms with Gasteiger partial charge in [-0.15, -0.1) is 0 Å². The van der Waals surface area contributed by atoms with Crippen LogP contribution in [0.3, 0.4) is 0 Å². The number of nitrogens with one attached hydrogen (secondary N) is 2. The Labute approximate surface area is 138 Å². The molecule has 2 aromatic heterocycles. The van der Waals surface area contributed by atoms with E-state index < -0.39 is 11.4 Å². The third-order valence-corrected chi connectivity index (χ3v) is 4.74. The van der Waals surface area contributed by atoms with E-state index in [0.29, 0.717) is 29.7 Å². The molecular weight excluding hydrogens is 310 g/mol. The van der Waals surface area contributed by atoms with Crippen LogP contribution in [0.2, 0.25) is 0 Å². The van der Waals surface area contributed by atoms with E-state index in [1.165, 1.54) is 4.52 Å². The van der Waals surface area contributed by atoms with Gasteiger partial charge in [0.25, 0.3) is 5.56 Å². The van der Waals surface area contributed by atoms with Gasteiger partial charge < -0.3 is 11.1 Å². The number of rotatable bonds is 4. The summed E-state index contributed by atoms with van der Waals surface area (Å²) in [6.45, 7) is 1.70. The second-order valence-corrected chi connectivity index (χ2v) is 6.37. The molecule has 8 nitrogen and oxygen atoms in total. The second kappa shape index (κ2) is 6.10. The third-order valence-electron chi connectivity index (χ3n) is 4.74. The zero-order valence-corrected chi connectivity index (χ0v) is 13.6. The number of primary amides is 1. The van der Waals surface area contributed by atoms with E-state index in [-0.39, 0.29) is 17.9 Å². The van der Waals surface area contributed by atoms with Crippen molar-refractivity contribution < 1.29 is 9.59 Å². The van der Waals surface area contributed by atoms with E-state index in [1.54, 1.807) is 19.2 Å². The number of hydrogen-bond donors (Lipinski definition) is 3. The fourth-order valence-electron chi connectivity index (χ4n) is 3.37. The van der Waals surface area contributed by atoms with Gasteiger partial charge in [0.2, 0.25) is 11.8 Å². The van der Waals surface area contributed by atoms with Crippen LogP contribution in [0.5, 0.6) is 0 Å². The van der Waals surface area contributed by atoms with Gasteiger partial charge in [-0.1, -0.05) is 19.3 Å². The Hall–Kier alpha value is -2.64. The van der Waals surface area contributed by atoms with Gasteiger partial charge in [-0.2, -0.15) is 0 Å². The maximum atomic E-state index is 12.5. The minimum Gasteiger partial charge on any atom is -0.368 e. The molecule has 0 spiro atoms. The number of aryl methyl sites for hydroxylation is 1. The summed E-state index contributed by atoms with van der Waals surface area (Å²) >= 11 is 0. The highest BCUT2D eigenvalue weighted by molar-refractivity contribution is 5.91. The first-order chi connectivity index (χ1) is 11.4. The first-order valence-corrected chi connectivity index (χ1v) is 8.09. The number of H-pyrrole nitrogens is 1. The topological polar surface area (TPSA) is 122 Å². The summed E-state index contributed by atoms with van der Waals surface area (Å²) in [7, 11) is 0. The normalized spacial score (nSPS) is 16.9. The Morgan fingerprint density at radius 3 is 2.75 bits per heavy atom. The Kier molecular flexibility index (Phi) is 4.13. The fourth-order valence-corrected chi connectivity index (χ4v) is 3.37. The van der Waals surface area contributed by atoms with Gasteiger partial charge in [0, 0.05) is 23.5 Å². The van der Waals surface area contributed by atoms with E-state index in [2.05, 4.69) is 15.4 Å². The van der Waals surface area contributed by atoms with E-state index in [1.807, 2.05) is 0 Å². The molecule has 2 heterocycles. The largest absolute Gasteiger partial charge is 0.368 e. The van der Waals surface area contributed by atoms with Gasteiger partial charge >= 0.3 is 0 Å². The molecule has 2 aromatic rings. The maximum Gasteiger partial charge on any atom is 0.276 e. The summed E-state index contributed by atoms with van der Waals surface area (Å²) in [6.07, 6.45) is 5.28. The molecule has 8 heteroatoms. The number of aromatic amines is 1. The Balaban J connectivity index is 1.84. The molecule has 0 aromatic carbocycles. The highest BCUT2D eigenvalue weighted by atomic mass is 16.2. The molecule has 1 aliphatic carbocycles. The fraction of sp³-hybridized carbons (Fsp3) is 0.500. The van der Waals surface area contributed by atoms with Gasteiger partial charge in [-0.05, 0) is 19.8 Å². The predicted octanol–water partition coefficient (Wildman–Crippen LogP) is 0.178. The van der Waals surface area contributed by atoms with Crippen LogP contribution in [-0.2, 0) is 16.0 Å². The smallest absolute Gasteiger partial charge is 0.276 e. The van der Waals surface area contributed by atoms with Gasteiger partial charge in [-0.25, -0.2) is 9.50 Å². The van der Waals surface area contributed by atoms with Crippen molar-refractivity contribution in [2.24, 2.45) is 5.73 Å². The highest BCUT2D eigenvalue weighted by Gasteiger charge is 2.39. The molecule has 2 amide bonds. The van der Waals surface area contributed by atoms with Gasteiger partial charge in [0.15, 0.2) is 5.65 Å². The lowest BCUT2D eigenvalue weighted by molar-refractivity contribution is -0.132. The zero-order valence-electron chi connectivity index (χ0n) is 13.6. The van der Waals surface area contributed by atoms with Crippen molar-refractivity contribution >= 4 is 17.5 Å². The number of nitrogens with two attached hydrogens (primary N) is 1. The molecule has 24 heavy (non-hydrogen) atoms. The van der Waals surface area contributed by atoms with E-state index >= 15 is 0 Å². The van der Waals surface area contributed by atoms with Crippen LogP contribution in [0.25, 0.3) is 5.65 Å². The Morgan fingerprint density at radius 1 is 1.38 bits per heavy atom. The summed E-state index contributed by atoms with van der Waals surface area (Å²) in [5.74, 6) is -0.897. The molecule has 1 aliphatic rings. The number of carbonyl (C=O) groups is 2. The van der Waals surface area contributed by atoms with E-state index in [4.69, 9.17) is 5.73 Å². The number of nitrogens with zero attached hydrogens (tertiary/aromatic N) is 2. The molecule has 0 saturated heterocycles. The molecule has 0 aliphatic heterocycles. The van der Waals surface area contributed by atoms with Crippen molar-refractivity contribution in [1.82, 2.24) is 19.9 Å². The average Bonchev–Trinajstić information content (AvgIpc) is 3.00. The summed E-state index contributed by atoms with van der Waals surface area (Å²) in [4.78, 5) is 41.1. The Morgan fingerprint density at radius 2 is 2.08 bits per heavy atom. The first-order valence-electron chi connectivity index (χ1n) is 8.09. The van der Waals surface area contributed by atoms with Crippen molar-refractivity contribution in [3.05, 3.63) is 33.9 Å². The summed E-state index contributed by atoms with van der Waals surface area (Å²) in [6, 6.07) is 1.68. The van der Waals surface area contributed by atoms with E-state index in [0.717, 1.165) is 19.3 Å². The number of fused-ring (bicyclic) bond motifs is 1. The van der Waals surface area contributed by atoms with Crippen LogP contribution in [0, 0.1) is 6.92 Å². The molecular formula is C16H21N5O3. The predicted molar refractivity (Wildman–Crippen MR) is 87.4 cm³/mol. The lowest BCUT2D eigenvalue weighted by Crippen LogP contribution is -2.58. The number of aromatic nitrogens is 3. The van der Waals surface area contributed by atoms with Gasteiger partial charge in [0.1, 0.15) is 5.54 Å². The van der Waals surface area contributed by atoms with Crippen LogP contribution in [0.4, 0.5) is 0 Å². The first kappa shape index (κ1) is 16.2. The quantitative estimate of drug-likeness (QED) is 0.739. The molecule has 1 fully saturated rings. The van der Waals surface area contributed by atoms with Gasteiger partial charge in [-0.3, -0.25) is 19.5 Å². The van der Waals surface area contributed by atoms with Crippen molar-refractivity contribution in [3.63, 3.8) is 0 Å². The standard InChI is InChI=1S/C16H21N5O3/c1-10-11(14(23)21-12(19-10)5-8-18-21)9-13(22)20-16(15(17)24)6-3-2-4-7-16/h5,8,18H,2-4,6-7,9H2,1H3,(H2,17,24)(H,20,22). The number of hydrogen-bond acceptors (Lipinski definition) is 4. The minimum absolute atomic E-state index is 0.130. The van der Waals surface area contributed by atoms with Crippen molar-refractivity contribution in [2.45, 2.75) is 51.0 Å². The SMILES string of the molecule is Cc1nc2cc[nH]n2c(=O)c1CC(=O)NC1(C(N)=O)CCCCC1. The Bertz CT molecular complexity index is 845. The van der Waals surface area contributed by atoms with Crippen LogP contribution >= 0.6 is 0 Å². The maximum absolute atomic E-state index is 12.5. The monoisotopic (exact) mass is 331 g/mol. The summed E-state index contributed by atoms with van der Waals surface area (Å²) < 4.78 is 1.29. The third kappa shape index (κ3) is 2.79. The van der Waals surface area contributed by atoms with Crippen molar-refractivity contribution in [3.8, 4) is 0 Å². The molecule has 3 rings (SSSR count). The molecule has 128 valence electrons. The second-order valence-electron chi connectivity index (χ2n) is 6.37. The number of amides is 2. The van der Waals surface area contributed by atoms with Crippen LogP contribution in [0.1, 0.15) is 43.4 Å². The van der Waals surface area contributed by atoms with Crippen LogP contribution < -0.4 is 16.6 Å². The summed E-state index contributed by atoms with van der Waals surface area (Å²) in [5, 5.41) is 5.55. The van der Waals surface area contributed by atoms with Crippen LogP contribution in [0.15, 0.2) is 17.1 Å². The molecule has 0 bridgehead atoms. The molecule has 0 atom stereocenters. The highest BCUT2D eigenvalue weighted by Crippen LogP contribution is 2.28. The zero-order chi connectivity index (χ0) is 17.3. The molecule has 0 radical (unpaired) electrons. The molecule has 1 saturated carbocycles.